The van der Waals surface area contributed by atoms with Crippen LogP contribution in [0.4, 0.5) is 6.01 Å². The van der Waals surface area contributed by atoms with Gasteiger partial charge in [0.2, 0.25) is 0 Å². The maximum atomic E-state index is 12.4. The summed E-state index contributed by atoms with van der Waals surface area (Å²) in [7, 11) is 0. The minimum Gasteiger partial charge on any atom is -0.428 e. The number of anilines is 1. The lowest BCUT2D eigenvalue weighted by atomic mass is 9.94. The highest BCUT2D eigenvalue weighted by Gasteiger charge is 2.27. The van der Waals surface area contributed by atoms with Gasteiger partial charge in [-0.1, -0.05) is 32.9 Å². The van der Waals surface area contributed by atoms with Gasteiger partial charge in [0.15, 0.2) is 0 Å². The van der Waals surface area contributed by atoms with Crippen LogP contribution in [-0.2, 0) is 5.41 Å². The third-order valence-electron chi connectivity index (χ3n) is 4.96. The van der Waals surface area contributed by atoms with E-state index in [1.807, 2.05) is 35.0 Å². The zero-order valence-electron chi connectivity index (χ0n) is 15.0. The molecule has 1 aliphatic rings. The zero-order valence-corrected chi connectivity index (χ0v) is 15.0. The van der Waals surface area contributed by atoms with Crippen LogP contribution in [0.2, 0.25) is 0 Å². The van der Waals surface area contributed by atoms with Crippen molar-refractivity contribution < 1.29 is 4.42 Å². The second kappa shape index (κ2) is 5.79. The summed E-state index contributed by atoms with van der Waals surface area (Å²) in [5, 5.41) is 0. The Bertz CT molecular complexity index is 936. The molecule has 1 N–H and O–H groups in total. The number of oxazole rings is 1. The Labute approximate surface area is 146 Å². The van der Waals surface area contributed by atoms with Crippen molar-refractivity contribution in [3.05, 3.63) is 46.7 Å². The number of nitrogens with zero attached hydrogens (tertiary/aromatic N) is 3. The highest BCUT2D eigenvalue weighted by atomic mass is 16.4. The fourth-order valence-corrected chi connectivity index (χ4v) is 3.51. The molecule has 6 heteroatoms. The standard InChI is InChI=1S/C19H24N4O2/c1-19(2,3)16-12-20-18(25-16)22-10-8-13(9-11-22)23-15-7-5-4-6-14(15)21-17(23)24/h4-7,12-13H,8-11H2,1-3H3,(H,21,24). The summed E-state index contributed by atoms with van der Waals surface area (Å²) in [5.41, 5.74) is 1.82. The first-order valence-electron chi connectivity index (χ1n) is 8.84. The van der Waals surface area contributed by atoms with E-state index in [2.05, 4.69) is 35.6 Å². The molecule has 6 nitrogen and oxygen atoms in total. The van der Waals surface area contributed by atoms with Crippen LogP contribution in [0.1, 0.15) is 45.4 Å². The van der Waals surface area contributed by atoms with Gasteiger partial charge in [0.1, 0.15) is 5.76 Å². The largest absolute Gasteiger partial charge is 0.428 e. The predicted octanol–water partition coefficient (Wildman–Crippen LogP) is 3.46. The molecule has 1 aromatic carbocycles. The molecule has 0 radical (unpaired) electrons. The summed E-state index contributed by atoms with van der Waals surface area (Å²) in [5.74, 6) is 0.900. The van der Waals surface area contributed by atoms with Crippen molar-refractivity contribution in [3.8, 4) is 0 Å². The van der Waals surface area contributed by atoms with Gasteiger partial charge in [-0.2, -0.15) is 0 Å². The molecule has 1 saturated heterocycles. The minimum atomic E-state index is -0.0408. The minimum absolute atomic E-state index is 0.0224. The number of hydrogen-bond acceptors (Lipinski definition) is 4. The number of nitrogens with one attached hydrogen (secondary N) is 1. The van der Waals surface area contributed by atoms with Gasteiger partial charge in [-0.25, -0.2) is 9.78 Å². The Balaban J connectivity index is 1.52. The van der Waals surface area contributed by atoms with E-state index in [1.165, 1.54) is 0 Å². The highest BCUT2D eigenvalue weighted by Crippen LogP contribution is 2.30. The van der Waals surface area contributed by atoms with Gasteiger partial charge in [0.25, 0.3) is 6.01 Å². The highest BCUT2D eigenvalue weighted by molar-refractivity contribution is 5.75. The maximum Gasteiger partial charge on any atom is 0.326 e. The Morgan fingerprint density at radius 1 is 1.20 bits per heavy atom. The third-order valence-corrected chi connectivity index (χ3v) is 4.96. The number of rotatable bonds is 2. The smallest absolute Gasteiger partial charge is 0.326 e. The maximum absolute atomic E-state index is 12.4. The average molecular weight is 340 g/mol. The molecule has 0 amide bonds. The summed E-state index contributed by atoms with van der Waals surface area (Å²) in [6, 6.07) is 8.77. The van der Waals surface area contributed by atoms with Crippen molar-refractivity contribution in [1.29, 1.82) is 0 Å². The molecule has 0 atom stereocenters. The number of para-hydroxylation sites is 2. The number of hydrogen-bond donors (Lipinski definition) is 1. The van der Waals surface area contributed by atoms with Crippen LogP contribution in [0.15, 0.2) is 39.7 Å². The van der Waals surface area contributed by atoms with Gasteiger partial charge in [0, 0.05) is 24.5 Å². The molecule has 3 heterocycles. The molecule has 0 saturated carbocycles. The van der Waals surface area contributed by atoms with Crippen LogP contribution < -0.4 is 10.6 Å². The number of benzene rings is 1. The molecule has 1 fully saturated rings. The lowest BCUT2D eigenvalue weighted by Gasteiger charge is -2.31. The van der Waals surface area contributed by atoms with Crippen molar-refractivity contribution in [1.82, 2.24) is 14.5 Å². The number of piperidine rings is 1. The van der Waals surface area contributed by atoms with Crippen LogP contribution in [0.5, 0.6) is 0 Å². The van der Waals surface area contributed by atoms with Crippen LogP contribution >= 0.6 is 0 Å². The normalized spacial score (nSPS) is 16.7. The van der Waals surface area contributed by atoms with Crippen molar-refractivity contribution >= 4 is 17.0 Å². The fraction of sp³-hybridized carbons (Fsp3) is 0.474. The Morgan fingerprint density at radius 2 is 1.92 bits per heavy atom. The van der Waals surface area contributed by atoms with E-state index in [0.29, 0.717) is 6.01 Å². The SMILES string of the molecule is CC(C)(C)c1cnc(N2CCC(n3c(=O)[nH]c4ccccc43)CC2)o1. The summed E-state index contributed by atoms with van der Waals surface area (Å²) in [6.45, 7) is 8.02. The molecule has 25 heavy (non-hydrogen) atoms. The Hall–Kier alpha value is -2.50. The second-order valence-electron chi connectivity index (χ2n) is 7.79. The molecule has 0 aliphatic carbocycles. The van der Waals surface area contributed by atoms with Crippen molar-refractivity contribution in [2.24, 2.45) is 0 Å². The van der Waals surface area contributed by atoms with Gasteiger partial charge in [0.05, 0.1) is 17.2 Å². The van der Waals surface area contributed by atoms with E-state index < -0.39 is 0 Å². The van der Waals surface area contributed by atoms with E-state index in [0.717, 1.165) is 42.7 Å². The first-order valence-corrected chi connectivity index (χ1v) is 8.84. The average Bonchev–Trinajstić information content (AvgIpc) is 3.18. The first kappa shape index (κ1) is 16.0. The molecule has 132 valence electrons. The molecule has 3 aromatic rings. The molecule has 0 spiro atoms. The Morgan fingerprint density at radius 3 is 2.60 bits per heavy atom. The van der Waals surface area contributed by atoms with E-state index >= 15 is 0 Å². The number of aromatic amines is 1. The number of H-pyrrole nitrogens is 1. The van der Waals surface area contributed by atoms with Gasteiger partial charge in [-0.3, -0.25) is 4.57 Å². The lowest BCUT2D eigenvalue weighted by molar-refractivity contribution is 0.364. The molecule has 0 unspecified atom stereocenters. The monoisotopic (exact) mass is 340 g/mol. The van der Waals surface area contributed by atoms with E-state index in [1.54, 1.807) is 0 Å². The van der Waals surface area contributed by atoms with Gasteiger partial charge < -0.3 is 14.3 Å². The Kier molecular flexibility index (Phi) is 3.71. The number of aromatic nitrogens is 3. The number of imidazole rings is 1. The summed E-state index contributed by atoms with van der Waals surface area (Å²) >= 11 is 0. The van der Waals surface area contributed by atoms with Crippen LogP contribution in [0, 0.1) is 0 Å². The quantitative estimate of drug-likeness (QED) is 0.776. The second-order valence-corrected chi connectivity index (χ2v) is 7.79. The first-order chi connectivity index (χ1) is 11.9. The van der Waals surface area contributed by atoms with Crippen LogP contribution in [0.25, 0.3) is 11.0 Å². The molecular formula is C19H24N4O2. The van der Waals surface area contributed by atoms with Crippen LogP contribution in [-0.4, -0.2) is 27.6 Å². The number of fused-ring (bicyclic) bond motifs is 1. The topological polar surface area (TPSA) is 67.1 Å². The molecule has 0 bridgehead atoms. The fourth-order valence-electron chi connectivity index (χ4n) is 3.51. The summed E-state index contributed by atoms with van der Waals surface area (Å²) in [4.78, 5) is 21.9. The van der Waals surface area contributed by atoms with Crippen LogP contribution in [0.3, 0.4) is 0 Å². The van der Waals surface area contributed by atoms with E-state index in [-0.39, 0.29) is 17.1 Å². The predicted molar refractivity (Wildman–Crippen MR) is 98.2 cm³/mol. The van der Waals surface area contributed by atoms with E-state index in [4.69, 9.17) is 4.42 Å². The molecular weight excluding hydrogens is 316 g/mol. The lowest BCUT2D eigenvalue weighted by Crippen LogP contribution is -2.37. The van der Waals surface area contributed by atoms with Crippen molar-refractivity contribution in [3.63, 3.8) is 0 Å². The van der Waals surface area contributed by atoms with Gasteiger partial charge in [-0.15, -0.1) is 0 Å². The van der Waals surface area contributed by atoms with E-state index in [9.17, 15) is 4.79 Å². The molecule has 1 aliphatic heterocycles. The van der Waals surface area contributed by atoms with Crippen molar-refractivity contribution in [2.75, 3.05) is 18.0 Å². The van der Waals surface area contributed by atoms with Gasteiger partial charge >= 0.3 is 5.69 Å². The third kappa shape index (κ3) is 2.86. The van der Waals surface area contributed by atoms with Gasteiger partial charge in [-0.05, 0) is 25.0 Å². The summed E-state index contributed by atoms with van der Waals surface area (Å²) in [6.07, 6.45) is 3.62. The van der Waals surface area contributed by atoms with Crippen molar-refractivity contribution in [2.45, 2.75) is 45.1 Å². The molecule has 4 rings (SSSR count). The summed E-state index contributed by atoms with van der Waals surface area (Å²) < 4.78 is 7.85. The zero-order chi connectivity index (χ0) is 17.6. The molecule has 2 aromatic heterocycles.